The summed E-state index contributed by atoms with van der Waals surface area (Å²) in [6.07, 6.45) is 2.40. The number of nitrogens with zero attached hydrogens (tertiary/aromatic N) is 1. The number of nitrogens with one attached hydrogen (secondary N) is 1. The van der Waals surface area contributed by atoms with E-state index in [0.717, 1.165) is 24.1 Å². The number of piperidine rings is 1. The molecule has 0 bridgehead atoms. The molecule has 2 N–H and O–H groups in total. The number of likely N-dealkylation sites (tertiary alicyclic amines) is 1. The van der Waals surface area contributed by atoms with Gasteiger partial charge in [-0.25, -0.2) is 4.79 Å². The molecule has 1 aromatic heterocycles. The lowest BCUT2D eigenvalue weighted by atomic mass is 9.89. The maximum atomic E-state index is 12.9. The third-order valence-corrected chi connectivity index (χ3v) is 4.84. The zero-order valence-corrected chi connectivity index (χ0v) is 14.7. The van der Waals surface area contributed by atoms with Gasteiger partial charge in [0.05, 0.1) is 5.56 Å². The zero-order chi connectivity index (χ0) is 18.7. The highest BCUT2D eigenvalue weighted by atomic mass is 16.4. The van der Waals surface area contributed by atoms with Crippen molar-refractivity contribution in [3.8, 4) is 0 Å². The van der Waals surface area contributed by atoms with Gasteiger partial charge in [0.15, 0.2) is 0 Å². The van der Waals surface area contributed by atoms with E-state index in [1.165, 1.54) is 6.07 Å². The Morgan fingerprint density at radius 2 is 2.04 bits per heavy atom. The third-order valence-electron chi connectivity index (χ3n) is 4.84. The average molecular weight is 354 g/mol. The van der Waals surface area contributed by atoms with E-state index >= 15 is 0 Å². The Labute approximate surface area is 151 Å². The summed E-state index contributed by atoms with van der Waals surface area (Å²) in [5.74, 6) is -1.00. The van der Waals surface area contributed by atoms with E-state index < -0.39 is 5.97 Å². The van der Waals surface area contributed by atoms with Gasteiger partial charge in [0.25, 0.3) is 5.91 Å². The van der Waals surface area contributed by atoms with Crippen molar-refractivity contribution in [3.05, 3.63) is 69.1 Å². The Bertz CT molecular complexity index is 887. The molecule has 0 aliphatic carbocycles. The second-order valence-electron chi connectivity index (χ2n) is 6.63. The zero-order valence-electron chi connectivity index (χ0n) is 14.7. The first-order chi connectivity index (χ1) is 12.5. The van der Waals surface area contributed by atoms with Crippen molar-refractivity contribution < 1.29 is 14.7 Å². The number of rotatable bonds is 4. The molecule has 1 aliphatic heterocycles. The van der Waals surface area contributed by atoms with Gasteiger partial charge in [-0.1, -0.05) is 19.1 Å². The molecule has 136 valence electrons. The summed E-state index contributed by atoms with van der Waals surface area (Å²) in [5.41, 5.74) is 2.07. The number of carboxylic acid groups (broad SMARTS) is 1. The van der Waals surface area contributed by atoms with E-state index in [2.05, 4.69) is 4.98 Å². The molecule has 6 heteroatoms. The van der Waals surface area contributed by atoms with Crippen LogP contribution in [-0.4, -0.2) is 40.0 Å². The lowest BCUT2D eigenvalue weighted by Gasteiger charge is -2.33. The molecule has 3 rings (SSSR count). The topological polar surface area (TPSA) is 90.5 Å². The lowest BCUT2D eigenvalue weighted by Crippen LogP contribution is -2.39. The maximum Gasteiger partial charge on any atom is 0.335 e. The highest BCUT2D eigenvalue weighted by Crippen LogP contribution is 2.28. The fourth-order valence-electron chi connectivity index (χ4n) is 3.46. The quantitative estimate of drug-likeness (QED) is 0.883. The van der Waals surface area contributed by atoms with Crippen LogP contribution in [0.5, 0.6) is 0 Å². The van der Waals surface area contributed by atoms with Crippen LogP contribution in [0.2, 0.25) is 0 Å². The summed E-state index contributed by atoms with van der Waals surface area (Å²) in [5, 5.41) is 9.17. The smallest absolute Gasteiger partial charge is 0.335 e. The summed E-state index contributed by atoms with van der Waals surface area (Å²) in [6.45, 7) is 3.09. The van der Waals surface area contributed by atoms with Gasteiger partial charge in [0.2, 0.25) is 5.56 Å². The number of benzene rings is 1. The molecule has 6 nitrogen and oxygen atoms in total. The molecule has 2 aromatic rings. The van der Waals surface area contributed by atoms with Crippen molar-refractivity contribution in [2.24, 2.45) is 0 Å². The molecule has 2 heterocycles. The number of aromatic carboxylic acids is 1. The van der Waals surface area contributed by atoms with Crippen LogP contribution in [0.25, 0.3) is 0 Å². The minimum atomic E-state index is -0.953. The van der Waals surface area contributed by atoms with Crippen molar-refractivity contribution in [3.63, 3.8) is 0 Å². The first-order valence-electron chi connectivity index (χ1n) is 8.83. The summed E-state index contributed by atoms with van der Waals surface area (Å²) in [7, 11) is 0. The van der Waals surface area contributed by atoms with Crippen molar-refractivity contribution in [1.29, 1.82) is 0 Å². The van der Waals surface area contributed by atoms with Gasteiger partial charge in [0.1, 0.15) is 0 Å². The number of carboxylic acids is 1. The second-order valence-corrected chi connectivity index (χ2v) is 6.63. The fraction of sp³-hybridized carbons (Fsp3) is 0.350. The summed E-state index contributed by atoms with van der Waals surface area (Å²) < 4.78 is 0. The Kier molecular flexibility index (Phi) is 5.21. The number of carbonyl (C=O) groups is 2. The molecular weight excluding hydrogens is 332 g/mol. The highest BCUT2D eigenvalue weighted by molar-refractivity contribution is 5.94. The summed E-state index contributed by atoms with van der Waals surface area (Å²) in [6, 6.07) is 9.98. The van der Waals surface area contributed by atoms with E-state index in [4.69, 9.17) is 0 Å². The lowest BCUT2D eigenvalue weighted by molar-refractivity contribution is 0.0687. The van der Waals surface area contributed by atoms with Crippen molar-refractivity contribution in [2.75, 3.05) is 13.1 Å². The van der Waals surface area contributed by atoms with Crippen LogP contribution in [-0.2, 0) is 6.42 Å². The number of hydrogen-bond donors (Lipinski definition) is 2. The van der Waals surface area contributed by atoms with Gasteiger partial charge >= 0.3 is 5.97 Å². The van der Waals surface area contributed by atoms with Gasteiger partial charge in [-0.2, -0.15) is 0 Å². The van der Waals surface area contributed by atoms with E-state index in [0.29, 0.717) is 25.1 Å². The van der Waals surface area contributed by atoms with E-state index in [9.17, 15) is 19.5 Å². The van der Waals surface area contributed by atoms with Crippen LogP contribution in [0.1, 0.15) is 57.7 Å². The molecule has 1 fully saturated rings. The molecule has 0 spiro atoms. The molecule has 1 atom stereocenters. The average Bonchev–Trinajstić information content (AvgIpc) is 2.67. The Hall–Kier alpha value is -2.89. The minimum Gasteiger partial charge on any atom is -0.478 e. The van der Waals surface area contributed by atoms with Crippen LogP contribution in [0.4, 0.5) is 0 Å². The minimum absolute atomic E-state index is 0.0969. The number of pyridine rings is 1. The van der Waals surface area contributed by atoms with Gasteiger partial charge in [-0.3, -0.25) is 9.59 Å². The summed E-state index contributed by atoms with van der Waals surface area (Å²) in [4.78, 5) is 40.3. The van der Waals surface area contributed by atoms with Crippen LogP contribution in [0, 0.1) is 0 Å². The Balaban J connectivity index is 1.81. The SMILES string of the molecule is CCc1cc(C(=O)N2CCCC(c3cccc(C(=O)O)c3)C2)cc(=O)[nH]1. The Morgan fingerprint density at radius 3 is 2.77 bits per heavy atom. The van der Waals surface area contributed by atoms with Crippen molar-refractivity contribution >= 4 is 11.9 Å². The van der Waals surface area contributed by atoms with Gasteiger partial charge < -0.3 is 15.0 Å². The van der Waals surface area contributed by atoms with E-state index in [-0.39, 0.29) is 22.9 Å². The first kappa shape index (κ1) is 17.9. The number of carbonyl (C=O) groups excluding carboxylic acids is 1. The molecule has 1 saturated heterocycles. The number of H-pyrrole nitrogens is 1. The second kappa shape index (κ2) is 7.56. The normalized spacial score (nSPS) is 17.1. The molecule has 1 aromatic carbocycles. The van der Waals surface area contributed by atoms with Gasteiger partial charge in [-0.15, -0.1) is 0 Å². The number of hydrogen-bond acceptors (Lipinski definition) is 3. The van der Waals surface area contributed by atoms with Crippen molar-refractivity contribution in [2.45, 2.75) is 32.1 Å². The number of aryl methyl sites for hydroxylation is 1. The van der Waals surface area contributed by atoms with Crippen molar-refractivity contribution in [1.82, 2.24) is 9.88 Å². The predicted octanol–water partition coefficient (Wildman–Crippen LogP) is 2.66. The molecule has 1 amide bonds. The van der Waals surface area contributed by atoms with Gasteiger partial charge in [0, 0.05) is 36.3 Å². The molecule has 1 aliphatic rings. The molecule has 1 unspecified atom stereocenters. The van der Waals surface area contributed by atoms with E-state index in [1.54, 1.807) is 29.2 Å². The summed E-state index contributed by atoms with van der Waals surface area (Å²) >= 11 is 0. The van der Waals surface area contributed by atoms with Gasteiger partial charge in [-0.05, 0) is 43.0 Å². The predicted molar refractivity (Wildman–Crippen MR) is 97.7 cm³/mol. The molecular formula is C20H22N2O4. The van der Waals surface area contributed by atoms with Crippen LogP contribution >= 0.6 is 0 Å². The third kappa shape index (κ3) is 3.85. The maximum absolute atomic E-state index is 12.9. The molecule has 0 radical (unpaired) electrons. The number of aromatic nitrogens is 1. The standard InChI is InChI=1S/C20H22N2O4/c1-2-17-10-16(11-18(23)21-17)19(24)22-8-4-7-15(12-22)13-5-3-6-14(9-13)20(25)26/h3,5-6,9-11,15H,2,4,7-8,12H2,1H3,(H,21,23)(H,25,26). The van der Waals surface area contributed by atoms with Crippen LogP contribution < -0.4 is 5.56 Å². The monoisotopic (exact) mass is 354 g/mol. The number of amides is 1. The molecule has 0 saturated carbocycles. The fourth-order valence-corrected chi connectivity index (χ4v) is 3.46. The number of aromatic amines is 1. The Morgan fingerprint density at radius 1 is 1.23 bits per heavy atom. The van der Waals surface area contributed by atoms with Crippen LogP contribution in [0.15, 0.2) is 41.2 Å². The highest BCUT2D eigenvalue weighted by Gasteiger charge is 2.26. The first-order valence-corrected chi connectivity index (χ1v) is 8.83. The largest absolute Gasteiger partial charge is 0.478 e. The van der Waals surface area contributed by atoms with E-state index in [1.807, 2.05) is 13.0 Å². The van der Waals surface area contributed by atoms with Crippen LogP contribution in [0.3, 0.4) is 0 Å². The molecule has 26 heavy (non-hydrogen) atoms.